The van der Waals surface area contributed by atoms with E-state index in [1.54, 1.807) is 6.20 Å². The van der Waals surface area contributed by atoms with Gasteiger partial charge in [0.15, 0.2) is 5.65 Å². The molecule has 0 aromatic carbocycles. The Morgan fingerprint density at radius 3 is 2.88 bits per heavy atom. The first-order valence-electron chi connectivity index (χ1n) is 5.58. The highest BCUT2D eigenvalue weighted by atomic mass is 35.5. The SMILES string of the molecule is Clc1cnc2nc(N3CCOCC3)ccc2c1. The minimum absolute atomic E-state index is 0.637. The van der Waals surface area contributed by atoms with Crippen molar-refractivity contribution in [2.24, 2.45) is 0 Å². The zero-order chi connectivity index (χ0) is 11.7. The molecule has 5 heteroatoms. The Morgan fingerprint density at radius 2 is 2.06 bits per heavy atom. The summed E-state index contributed by atoms with van der Waals surface area (Å²) in [6.07, 6.45) is 1.62. The first kappa shape index (κ1) is 10.7. The van der Waals surface area contributed by atoms with Gasteiger partial charge in [-0.25, -0.2) is 9.97 Å². The Kier molecular flexibility index (Phi) is 2.82. The topological polar surface area (TPSA) is 38.2 Å². The van der Waals surface area contributed by atoms with Crippen LogP contribution < -0.4 is 4.90 Å². The lowest BCUT2D eigenvalue weighted by Crippen LogP contribution is -2.36. The zero-order valence-electron chi connectivity index (χ0n) is 9.27. The molecule has 0 amide bonds. The van der Waals surface area contributed by atoms with Crippen molar-refractivity contribution in [3.05, 3.63) is 29.4 Å². The van der Waals surface area contributed by atoms with Gasteiger partial charge in [-0.15, -0.1) is 0 Å². The fraction of sp³-hybridized carbons (Fsp3) is 0.333. The van der Waals surface area contributed by atoms with Crippen LogP contribution in [0.2, 0.25) is 5.02 Å². The van der Waals surface area contributed by atoms with E-state index in [1.807, 2.05) is 18.2 Å². The smallest absolute Gasteiger partial charge is 0.161 e. The van der Waals surface area contributed by atoms with Crippen molar-refractivity contribution < 1.29 is 4.74 Å². The van der Waals surface area contributed by atoms with Crippen LogP contribution in [-0.2, 0) is 4.74 Å². The second kappa shape index (κ2) is 4.47. The van der Waals surface area contributed by atoms with Gasteiger partial charge < -0.3 is 9.64 Å². The molecule has 0 radical (unpaired) electrons. The summed E-state index contributed by atoms with van der Waals surface area (Å²) in [5, 5.41) is 1.60. The quantitative estimate of drug-likeness (QED) is 0.776. The van der Waals surface area contributed by atoms with Crippen molar-refractivity contribution in [2.45, 2.75) is 0 Å². The third-order valence-corrected chi connectivity index (χ3v) is 3.04. The van der Waals surface area contributed by atoms with Gasteiger partial charge in [0.05, 0.1) is 18.2 Å². The van der Waals surface area contributed by atoms with E-state index in [9.17, 15) is 0 Å². The maximum absolute atomic E-state index is 5.89. The van der Waals surface area contributed by atoms with Crippen LogP contribution in [0.25, 0.3) is 11.0 Å². The number of fused-ring (bicyclic) bond motifs is 1. The standard InChI is InChI=1S/C12H12ClN3O/c13-10-7-9-1-2-11(15-12(9)14-8-10)16-3-5-17-6-4-16/h1-2,7-8H,3-6H2. The third kappa shape index (κ3) is 2.18. The van der Waals surface area contributed by atoms with Gasteiger partial charge >= 0.3 is 0 Å². The summed E-state index contributed by atoms with van der Waals surface area (Å²) < 4.78 is 5.32. The molecule has 0 unspecified atom stereocenters. The van der Waals surface area contributed by atoms with E-state index in [0.717, 1.165) is 43.2 Å². The molecule has 1 aliphatic heterocycles. The summed E-state index contributed by atoms with van der Waals surface area (Å²) in [5.74, 6) is 0.954. The average Bonchev–Trinajstić information content (AvgIpc) is 2.39. The van der Waals surface area contributed by atoms with E-state index in [0.29, 0.717) is 5.02 Å². The molecule has 0 aliphatic carbocycles. The molecule has 0 bridgehead atoms. The molecule has 88 valence electrons. The van der Waals surface area contributed by atoms with Crippen molar-refractivity contribution >= 4 is 28.5 Å². The molecule has 2 aromatic rings. The highest BCUT2D eigenvalue weighted by molar-refractivity contribution is 6.31. The number of aromatic nitrogens is 2. The molecule has 17 heavy (non-hydrogen) atoms. The molecule has 1 aliphatic rings. The lowest BCUT2D eigenvalue weighted by Gasteiger charge is -2.27. The second-order valence-corrected chi connectivity index (χ2v) is 4.41. The first-order valence-corrected chi connectivity index (χ1v) is 5.96. The number of pyridine rings is 2. The Bertz CT molecular complexity index is 540. The molecule has 0 N–H and O–H groups in total. The summed E-state index contributed by atoms with van der Waals surface area (Å²) in [6, 6.07) is 5.89. The Labute approximate surface area is 104 Å². The van der Waals surface area contributed by atoms with Crippen LogP contribution in [0.3, 0.4) is 0 Å². The highest BCUT2D eigenvalue weighted by Crippen LogP contribution is 2.19. The highest BCUT2D eigenvalue weighted by Gasteiger charge is 2.12. The lowest BCUT2D eigenvalue weighted by molar-refractivity contribution is 0.122. The van der Waals surface area contributed by atoms with Gasteiger partial charge in [0.1, 0.15) is 5.82 Å². The second-order valence-electron chi connectivity index (χ2n) is 3.97. The van der Waals surface area contributed by atoms with Crippen LogP contribution in [0, 0.1) is 0 Å². The van der Waals surface area contributed by atoms with Crippen LogP contribution in [0.4, 0.5) is 5.82 Å². The lowest BCUT2D eigenvalue weighted by atomic mass is 10.3. The number of hydrogen-bond acceptors (Lipinski definition) is 4. The van der Waals surface area contributed by atoms with E-state index in [2.05, 4.69) is 14.9 Å². The van der Waals surface area contributed by atoms with Crippen molar-refractivity contribution in [1.82, 2.24) is 9.97 Å². The van der Waals surface area contributed by atoms with Gasteiger partial charge in [0.2, 0.25) is 0 Å². The molecule has 1 fully saturated rings. The molecule has 1 saturated heterocycles. The van der Waals surface area contributed by atoms with Crippen LogP contribution >= 0.6 is 11.6 Å². The maximum atomic E-state index is 5.89. The molecule has 4 nitrogen and oxygen atoms in total. The zero-order valence-corrected chi connectivity index (χ0v) is 10.0. The van der Waals surface area contributed by atoms with Crippen molar-refractivity contribution in [3.8, 4) is 0 Å². The fourth-order valence-corrected chi connectivity index (χ4v) is 2.11. The fourth-order valence-electron chi connectivity index (χ4n) is 1.94. The number of halogens is 1. The van der Waals surface area contributed by atoms with E-state index < -0.39 is 0 Å². The molecule has 2 aromatic heterocycles. The van der Waals surface area contributed by atoms with Crippen LogP contribution in [0.5, 0.6) is 0 Å². The number of hydrogen-bond donors (Lipinski definition) is 0. The summed E-state index contributed by atoms with van der Waals surface area (Å²) >= 11 is 5.89. The summed E-state index contributed by atoms with van der Waals surface area (Å²) in [5.41, 5.74) is 0.735. The van der Waals surface area contributed by atoms with Gasteiger partial charge in [-0.2, -0.15) is 0 Å². The number of nitrogens with zero attached hydrogens (tertiary/aromatic N) is 3. The monoisotopic (exact) mass is 249 g/mol. The summed E-state index contributed by atoms with van der Waals surface area (Å²) in [4.78, 5) is 11.0. The largest absolute Gasteiger partial charge is 0.378 e. The number of rotatable bonds is 1. The molecule has 3 heterocycles. The number of anilines is 1. The summed E-state index contributed by atoms with van der Waals surface area (Å²) in [7, 11) is 0. The first-order chi connectivity index (χ1) is 8.33. The minimum atomic E-state index is 0.637. The van der Waals surface area contributed by atoms with Gasteiger partial charge in [-0.3, -0.25) is 0 Å². The number of morpholine rings is 1. The third-order valence-electron chi connectivity index (χ3n) is 2.83. The van der Waals surface area contributed by atoms with Gasteiger partial charge in [-0.05, 0) is 18.2 Å². The van der Waals surface area contributed by atoms with Gasteiger partial charge in [0.25, 0.3) is 0 Å². The maximum Gasteiger partial charge on any atom is 0.161 e. The van der Waals surface area contributed by atoms with E-state index in [1.165, 1.54) is 0 Å². The van der Waals surface area contributed by atoms with Crippen molar-refractivity contribution in [1.29, 1.82) is 0 Å². The van der Waals surface area contributed by atoms with Crippen molar-refractivity contribution in [3.63, 3.8) is 0 Å². The minimum Gasteiger partial charge on any atom is -0.378 e. The average molecular weight is 250 g/mol. The molecular weight excluding hydrogens is 238 g/mol. The van der Waals surface area contributed by atoms with Gasteiger partial charge in [0, 0.05) is 24.7 Å². The molecule has 0 atom stereocenters. The van der Waals surface area contributed by atoms with Crippen molar-refractivity contribution in [2.75, 3.05) is 31.2 Å². The van der Waals surface area contributed by atoms with Crippen LogP contribution in [-0.4, -0.2) is 36.3 Å². The van der Waals surface area contributed by atoms with Crippen LogP contribution in [0.1, 0.15) is 0 Å². The van der Waals surface area contributed by atoms with E-state index >= 15 is 0 Å². The Hall–Kier alpha value is -1.39. The van der Waals surface area contributed by atoms with Gasteiger partial charge in [-0.1, -0.05) is 11.6 Å². The predicted molar refractivity (Wildman–Crippen MR) is 67.6 cm³/mol. The normalized spacial score (nSPS) is 16.4. The predicted octanol–water partition coefficient (Wildman–Crippen LogP) is 2.12. The molecule has 0 spiro atoms. The molecular formula is C12H12ClN3O. The van der Waals surface area contributed by atoms with Crippen LogP contribution in [0.15, 0.2) is 24.4 Å². The summed E-state index contributed by atoms with van der Waals surface area (Å²) in [6.45, 7) is 3.28. The van der Waals surface area contributed by atoms with E-state index in [4.69, 9.17) is 16.3 Å². The Morgan fingerprint density at radius 1 is 1.24 bits per heavy atom. The molecule has 3 rings (SSSR count). The molecule has 0 saturated carbocycles. The van der Waals surface area contributed by atoms with E-state index in [-0.39, 0.29) is 0 Å². The number of ether oxygens (including phenoxy) is 1. The Balaban J connectivity index is 1.98.